The number of nitrogens with zero attached hydrogens (tertiary/aromatic N) is 1. The van der Waals surface area contributed by atoms with Gasteiger partial charge in [0, 0.05) is 25.7 Å². The maximum Gasteiger partial charge on any atom is 0.152 e. The van der Waals surface area contributed by atoms with Gasteiger partial charge in [-0.3, -0.25) is 0 Å². The van der Waals surface area contributed by atoms with Crippen molar-refractivity contribution in [3.05, 3.63) is 0 Å². The molecule has 2 rings (SSSR count). The van der Waals surface area contributed by atoms with Crippen molar-refractivity contribution in [3.8, 4) is 0 Å². The largest absolute Gasteiger partial charge is 0.237 e. The second kappa shape index (κ2) is 1.57. The average Bonchev–Trinajstić information content (AvgIpc) is 2.15. The van der Waals surface area contributed by atoms with Crippen molar-refractivity contribution >= 4 is 5.71 Å². The van der Waals surface area contributed by atoms with E-state index < -0.39 is 0 Å². The molecule has 0 N–H and O–H groups in total. The second-order valence-corrected chi connectivity index (χ2v) is 2.76. The van der Waals surface area contributed by atoms with E-state index in [0.717, 1.165) is 0 Å². The van der Waals surface area contributed by atoms with E-state index in [4.69, 9.17) is 0 Å². The number of hydrogen-bond donors (Lipinski definition) is 0. The summed E-state index contributed by atoms with van der Waals surface area (Å²) in [6, 6.07) is 0. The van der Waals surface area contributed by atoms with Crippen LogP contribution in [0.5, 0.6) is 0 Å². The summed E-state index contributed by atoms with van der Waals surface area (Å²) in [5.41, 5.74) is 1.74. The maximum atomic E-state index is 2.56. The van der Waals surface area contributed by atoms with E-state index in [1.54, 1.807) is 5.71 Å². The minimum Gasteiger partial charge on any atom is -0.237 e. The first-order valence-electron chi connectivity index (χ1n) is 3.56. The highest BCUT2D eigenvalue weighted by atomic mass is 15.0. The van der Waals surface area contributed by atoms with Gasteiger partial charge < -0.3 is 0 Å². The molecule has 0 aliphatic carbocycles. The minimum atomic E-state index is 1.36. The normalized spacial score (nSPS) is 27.0. The summed E-state index contributed by atoms with van der Waals surface area (Å²) < 4.78 is 2.56. The summed E-state index contributed by atoms with van der Waals surface area (Å²) in [7, 11) is 0. The Kier molecular flexibility index (Phi) is 0.893. The Hall–Kier alpha value is -0.330. The molecule has 2 aliphatic rings. The Morgan fingerprint density at radius 3 is 2.12 bits per heavy atom. The fourth-order valence-electron chi connectivity index (χ4n) is 1.82. The predicted molar refractivity (Wildman–Crippen MR) is 33.5 cm³/mol. The smallest absolute Gasteiger partial charge is 0.152 e. The van der Waals surface area contributed by atoms with Crippen LogP contribution < -0.4 is 0 Å². The van der Waals surface area contributed by atoms with Crippen LogP contribution in [0.2, 0.25) is 0 Å². The van der Waals surface area contributed by atoms with Crippen molar-refractivity contribution in [1.29, 1.82) is 0 Å². The average molecular weight is 110 g/mol. The molecule has 0 saturated carbocycles. The van der Waals surface area contributed by atoms with E-state index in [2.05, 4.69) is 4.58 Å². The van der Waals surface area contributed by atoms with Gasteiger partial charge >= 0.3 is 0 Å². The van der Waals surface area contributed by atoms with Crippen LogP contribution in [0, 0.1) is 0 Å². The van der Waals surface area contributed by atoms with E-state index in [9.17, 15) is 0 Å². The molecule has 0 amide bonds. The van der Waals surface area contributed by atoms with Gasteiger partial charge in [0.25, 0.3) is 0 Å². The first-order valence-corrected chi connectivity index (χ1v) is 3.56. The van der Waals surface area contributed by atoms with Gasteiger partial charge in [-0.05, 0) is 0 Å². The zero-order valence-electron chi connectivity index (χ0n) is 5.19. The summed E-state index contributed by atoms with van der Waals surface area (Å²) in [4.78, 5) is 0. The molecular formula is C7H12N+. The zero-order chi connectivity index (χ0) is 5.40. The lowest BCUT2D eigenvalue weighted by Gasteiger charge is -1.85. The summed E-state index contributed by atoms with van der Waals surface area (Å²) in [5.74, 6) is 0. The van der Waals surface area contributed by atoms with E-state index in [1.165, 1.54) is 38.8 Å². The molecule has 2 aliphatic heterocycles. The van der Waals surface area contributed by atoms with Gasteiger partial charge in [0.15, 0.2) is 5.71 Å². The first-order chi connectivity index (χ1) is 3.97. The van der Waals surface area contributed by atoms with E-state index >= 15 is 0 Å². The topological polar surface area (TPSA) is 3.01 Å². The van der Waals surface area contributed by atoms with Crippen molar-refractivity contribution in [1.82, 2.24) is 0 Å². The molecule has 2 heterocycles. The van der Waals surface area contributed by atoms with Gasteiger partial charge in [-0.1, -0.05) is 0 Å². The molecule has 0 aromatic rings. The highest BCUT2D eigenvalue weighted by Gasteiger charge is 2.26. The summed E-state index contributed by atoms with van der Waals surface area (Å²) in [5, 5.41) is 0. The third-order valence-electron chi connectivity index (χ3n) is 2.23. The molecule has 0 unspecified atom stereocenters. The molecule has 0 radical (unpaired) electrons. The Labute approximate surface area is 50.0 Å². The molecule has 1 heteroatoms. The molecule has 8 heavy (non-hydrogen) atoms. The molecule has 0 spiro atoms. The van der Waals surface area contributed by atoms with Crippen LogP contribution >= 0.6 is 0 Å². The van der Waals surface area contributed by atoms with Crippen LogP contribution in [0.25, 0.3) is 0 Å². The molecule has 44 valence electrons. The third-order valence-corrected chi connectivity index (χ3v) is 2.23. The summed E-state index contributed by atoms with van der Waals surface area (Å²) in [6.45, 7) is 2.71. The van der Waals surface area contributed by atoms with Crippen LogP contribution in [-0.4, -0.2) is 23.4 Å². The molecule has 0 saturated heterocycles. The molecule has 0 bridgehead atoms. The lowest BCUT2D eigenvalue weighted by atomic mass is 10.2. The van der Waals surface area contributed by atoms with Crippen molar-refractivity contribution in [3.63, 3.8) is 0 Å². The van der Waals surface area contributed by atoms with Crippen molar-refractivity contribution in [2.45, 2.75) is 25.7 Å². The van der Waals surface area contributed by atoms with Gasteiger partial charge in [0.05, 0.1) is 0 Å². The zero-order valence-corrected chi connectivity index (χ0v) is 5.19. The quantitative estimate of drug-likeness (QED) is 0.410. The van der Waals surface area contributed by atoms with Crippen LogP contribution in [0.4, 0.5) is 0 Å². The van der Waals surface area contributed by atoms with Crippen LogP contribution in [-0.2, 0) is 0 Å². The van der Waals surface area contributed by atoms with E-state index in [0.29, 0.717) is 0 Å². The SMILES string of the molecule is C1CC2=[N+](C1)CCC2. The van der Waals surface area contributed by atoms with E-state index in [1.807, 2.05) is 0 Å². The highest BCUT2D eigenvalue weighted by molar-refractivity contribution is 5.81. The molecule has 0 atom stereocenters. The monoisotopic (exact) mass is 110 g/mol. The van der Waals surface area contributed by atoms with Crippen LogP contribution in [0.15, 0.2) is 0 Å². The van der Waals surface area contributed by atoms with Gasteiger partial charge in [-0.25, -0.2) is 4.58 Å². The highest BCUT2D eigenvalue weighted by Crippen LogP contribution is 2.15. The van der Waals surface area contributed by atoms with Gasteiger partial charge in [-0.15, -0.1) is 0 Å². The van der Waals surface area contributed by atoms with Crippen molar-refractivity contribution in [2.24, 2.45) is 0 Å². The Balaban J connectivity index is 2.23. The number of hydrogen-bond acceptors (Lipinski definition) is 0. The summed E-state index contributed by atoms with van der Waals surface area (Å²) in [6.07, 6.45) is 5.66. The molecule has 1 nitrogen and oxygen atoms in total. The molecule has 0 aromatic heterocycles. The number of rotatable bonds is 0. The van der Waals surface area contributed by atoms with Gasteiger partial charge in [0.2, 0.25) is 0 Å². The molecule has 0 aromatic carbocycles. The first kappa shape index (κ1) is 4.54. The maximum absolute atomic E-state index is 2.56. The van der Waals surface area contributed by atoms with Crippen molar-refractivity contribution in [2.75, 3.05) is 13.1 Å². The molecular weight excluding hydrogens is 98.1 g/mol. The Bertz CT molecular complexity index is 107. The fraction of sp³-hybridized carbons (Fsp3) is 0.857. The second-order valence-electron chi connectivity index (χ2n) is 2.76. The Morgan fingerprint density at radius 2 is 1.62 bits per heavy atom. The lowest BCUT2D eigenvalue weighted by Crippen LogP contribution is -2.06. The van der Waals surface area contributed by atoms with Crippen molar-refractivity contribution < 1.29 is 4.58 Å². The van der Waals surface area contributed by atoms with Crippen LogP contribution in [0.1, 0.15) is 25.7 Å². The third kappa shape index (κ3) is 0.504. The Morgan fingerprint density at radius 1 is 1.00 bits per heavy atom. The lowest BCUT2D eigenvalue weighted by molar-refractivity contribution is -0.512. The minimum absolute atomic E-state index is 1.36. The van der Waals surface area contributed by atoms with E-state index in [-0.39, 0.29) is 0 Å². The van der Waals surface area contributed by atoms with Gasteiger partial charge in [0.1, 0.15) is 13.1 Å². The van der Waals surface area contributed by atoms with Crippen LogP contribution in [0.3, 0.4) is 0 Å². The predicted octanol–water partition coefficient (Wildman–Crippen LogP) is 1.03. The molecule has 0 fully saturated rings. The summed E-state index contributed by atoms with van der Waals surface area (Å²) >= 11 is 0. The van der Waals surface area contributed by atoms with Gasteiger partial charge in [-0.2, -0.15) is 0 Å². The standard InChI is InChI=1S/C7H12N/c1-3-7-4-2-6-8(7)5-1/h1-6H2/q+1. The fourth-order valence-corrected chi connectivity index (χ4v) is 1.82.